The SMILES string of the molecule is Cc1cc2c(cn1)sc1ccccc12.Cc1ccc2sc3ccccc3c2n1.Cc1ccc2sc3cccnc3c2c1.Cc1ccc2sc3ccncc3c2c1.Cc1ccc2sc3cnccc3c2c1.Cc1ccc2sc3ncccc3c2c1.Cc1cccc2c1sc1cccnc12.Cc1cccc2c1sc1ccncc12.Cc1cccc2c1sc1cnccc12.Cc1cnc2sc3ccccc3c2c1. The summed E-state index contributed by atoms with van der Waals surface area (Å²) in [7, 11) is 0. The summed E-state index contributed by atoms with van der Waals surface area (Å²) in [4.78, 5) is 45.4. The third-order valence-electron chi connectivity index (χ3n) is 24.2. The summed E-state index contributed by atoms with van der Waals surface area (Å²) in [5, 5.41) is 22.3. The molecule has 30 rings (SSSR count). The summed E-state index contributed by atoms with van der Waals surface area (Å²) < 4.78 is 23.7. The van der Waals surface area contributed by atoms with Crippen molar-refractivity contribution in [2.24, 2.45) is 0 Å². The highest BCUT2D eigenvalue weighted by atomic mass is 32.1. The Morgan fingerprint density at radius 3 is 1.14 bits per heavy atom. The monoisotopic (exact) mass is 1990 g/mol. The lowest BCUT2D eigenvalue weighted by Crippen LogP contribution is -1.78. The lowest BCUT2D eigenvalue weighted by atomic mass is 10.1. The Bertz CT molecular complexity index is 8400. The van der Waals surface area contributed by atoms with Crippen LogP contribution < -0.4 is 0 Å². The van der Waals surface area contributed by atoms with Gasteiger partial charge in [-0.25, -0.2) is 9.97 Å². The van der Waals surface area contributed by atoms with Crippen molar-refractivity contribution in [2.75, 3.05) is 0 Å². The molecule has 10 nitrogen and oxygen atoms in total. The lowest BCUT2D eigenvalue weighted by molar-refractivity contribution is 1.23. The number of nitrogens with zero attached hydrogens (tertiary/aromatic N) is 10. The third kappa shape index (κ3) is 19.6. The molecule has 0 saturated heterocycles. The number of rotatable bonds is 0. The molecule has 0 aliphatic heterocycles. The van der Waals surface area contributed by atoms with Crippen LogP contribution in [0.5, 0.6) is 0 Å². The van der Waals surface area contributed by atoms with Gasteiger partial charge < -0.3 is 0 Å². The zero-order valence-electron chi connectivity index (χ0n) is 78.2. The molecule has 680 valence electrons. The molecule has 10 aromatic carbocycles. The molecule has 0 amide bonds. The van der Waals surface area contributed by atoms with Crippen LogP contribution in [0.1, 0.15) is 55.9 Å². The van der Waals surface area contributed by atoms with Gasteiger partial charge in [-0.1, -0.05) is 156 Å². The number of pyridine rings is 10. The Kier molecular flexibility index (Phi) is 27.1. The van der Waals surface area contributed by atoms with Gasteiger partial charge >= 0.3 is 0 Å². The first kappa shape index (κ1) is 92.3. The molecule has 0 unspecified atom stereocenters. The molecule has 0 bridgehead atoms. The summed E-state index contributed by atoms with van der Waals surface area (Å²) in [5.74, 6) is 0. The molecule has 140 heavy (non-hydrogen) atoms. The summed E-state index contributed by atoms with van der Waals surface area (Å²) in [5.41, 5.74) is 16.1. The Morgan fingerprint density at radius 1 is 0.164 bits per heavy atom. The van der Waals surface area contributed by atoms with Gasteiger partial charge in [0, 0.05) is 240 Å². The Morgan fingerprint density at radius 2 is 0.514 bits per heavy atom. The minimum atomic E-state index is 1.08. The van der Waals surface area contributed by atoms with Crippen molar-refractivity contribution in [2.45, 2.75) is 69.2 Å². The van der Waals surface area contributed by atoms with E-state index in [-0.39, 0.29) is 0 Å². The van der Waals surface area contributed by atoms with Crippen molar-refractivity contribution in [3.05, 3.63) is 422 Å². The second-order valence-corrected chi connectivity index (χ2v) is 45.0. The summed E-state index contributed by atoms with van der Waals surface area (Å²) >= 11 is 18.1. The van der Waals surface area contributed by atoms with Crippen molar-refractivity contribution in [3.8, 4) is 0 Å². The van der Waals surface area contributed by atoms with E-state index in [1.165, 1.54) is 221 Å². The van der Waals surface area contributed by atoms with Crippen molar-refractivity contribution >= 4 is 316 Å². The maximum absolute atomic E-state index is 4.57. The largest absolute Gasteiger partial charge is 0.264 e. The van der Waals surface area contributed by atoms with Gasteiger partial charge in [0.25, 0.3) is 0 Å². The Hall–Kier alpha value is -14.1. The number of hydrogen-bond acceptors (Lipinski definition) is 20. The van der Waals surface area contributed by atoms with E-state index >= 15 is 0 Å². The summed E-state index contributed by atoms with van der Waals surface area (Å²) in [6.45, 7) is 21.1. The molecule has 0 atom stereocenters. The molecule has 0 radical (unpaired) electrons. The van der Waals surface area contributed by atoms with Crippen LogP contribution in [0.3, 0.4) is 0 Å². The van der Waals surface area contributed by atoms with Crippen LogP contribution in [-0.4, -0.2) is 49.8 Å². The number of benzene rings is 10. The van der Waals surface area contributed by atoms with Gasteiger partial charge in [0.1, 0.15) is 9.66 Å². The molecule has 0 saturated carbocycles. The number of hydrogen-bond donors (Lipinski definition) is 0. The van der Waals surface area contributed by atoms with Gasteiger partial charge in [-0.3, -0.25) is 39.9 Å². The highest BCUT2D eigenvalue weighted by Crippen LogP contribution is 2.43. The van der Waals surface area contributed by atoms with E-state index in [9.17, 15) is 0 Å². The van der Waals surface area contributed by atoms with Gasteiger partial charge in [0.2, 0.25) is 0 Å². The van der Waals surface area contributed by atoms with E-state index in [1.807, 2.05) is 203 Å². The second-order valence-electron chi connectivity index (χ2n) is 34.4. The van der Waals surface area contributed by atoms with Crippen LogP contribution in [0, 0.1) is 69.2 Å². The molecular formula is C120H90N10S10. The van der Waals surface area contributed by atoms with Gasteiger partial charge in [-0.05, 0) is 243 Å². The maximum atomic E-state index is 4.57. The highest BCUT2D eigenvalue weighted by Gasteiger charge is 2.15. The molecule has 0 fully saturated rings. The molecule has 20 aromatic heterocycles. The summed E-state index contributed by atoms with van der Waals surface area (Å²) in [6.07, 6.45) is 24.7. The summed E-state index contributed by atoms with van der Waals surface area (Å²) in [6, 6.07) is 100. The Balaban J connectivity index is 0.0000000924. The predicted octanol–water partition coefficient (Wildman–Crippen LogP) is 37.6. The van der Waals surface area contributed by atoms with E-state index in [1.54, 1.807) is 22.7 Å². The van der Waals surface area contributed by atoms with Crippen LogP contribution in [-0.2, 0) is 0 Å². The average molecular weight is 1990 g/mol. The Labute approximate surface area is 848 Å². The molecule has 0 aliphatic carbocycles. The first-order chi connectivity index (χ1) is 68.5. The quantitative estimate of drug-likeness (QED) is 0.145. The number of aromatic nitrogens is 10. The number of aryl methyl sites for hydroxylation is 10. The van der Waals surface area contributed by atoms with E-state index in [4.69, 9.17) is 0 Å². The van der Waals surface area contributed by atoms with E-state index < -0.39 is 0 Å². The molecule has 0 spiro atoms. The van der Waals surface area contributed by atoms with Crippen LogP contribution in [0.15, 0.2) is 366 Å². The van der Waals surface area contributed by atoms with Crippen LogP contribution in [0.25, 0.3) is 202 Å². The molecule has 0 N–H and O–H groups in total. The van der Waals surface area contributed by atoms with Gasteiger partial charge in [0.15, 0.2) is 0 Å². The minimum absolute atomic E-state index is 1.08. The molecular weight excluding hydrogens is 1900 g/mol. The van der Waals surface area contributed by atoms with E-state index in [0.717, 1.165) is 37.6 Å². The zero-order valence-corrected chi connectivity index (χ0v) is 86.4. The minimum Gasteiger partial charge on any atom is -0.264 e. The number of thiophene rings is 10. The van der Waals surface area contributed by atoms with Crippen molar-refractivity contribution in [1.29, 1.82) is 0 Å². The topological polar surface area (TPSA) is 129 Å². The smallest absolute Gasteiger partial charge is 0.124 e. The van der Waals surface area contributed by atoms with Crippen LogP contribution in [0.2, 0.25) is 0 Å². The lowest BCUT2D eigenvalue weighted by Gasteiger charge is -1.93. The average Bonchev–Trinajstić information content (AvgIpc) is 1.62. The first-order valence-corrected chi connectivity index (χ1v) is 54.0. The van der Waals surface area contributed by atoms with E-state index in [0.29, 0.717) is 0 Å². The van der Waals surface area contributed by atoms with Crippen molar-refractivity contribution in [3.63, 3.8) is 0 Å². The normalized spacial score (nSPS) is 11.2. The van der Waals surface area contributed by atoms with Gasteiger partial charge in [-0.2, -0.15) is 0 Å². The number of fused-ring (bicyclic) bond motifs is 30. The van der Waals surface area contributed by atoms with Crippen LogP contribution >= 0.6 is 113 Å². The van der Waals surface area contributed by atoms with Gasteiger partial charge in [-0.15, -0.1) is 113 Å². The third-order valence-corrected chi connectivity index (χ3v) is 36.0. The molecule has 20 heterocycles. The second kappa shape index (κ2) is 41.1. The fourth-order valence-corrected chi connectivity index (χ4v) is 28.1. The first-order valence-electron chi connectivity index (χ1n) is 45.8. The molecule has 0 aliphatic rings. The zero-order chi connectivity index (χ0) is 95.4. The van der Waals surface area contributed by atoms with Crippen molar-refractivity contribution < 1.29 is 0 Å². The highest BCUT2D eigenvalue weighted by molar-refractivity contribution is 7.29. The fourth-order valence-electron chi connectivity index (χ4n) is 17.4. The molecule has 20 heteroatoms. The maximum Gasteiger partial charge on any atom is 0.124 e. The molecule has 30 aromatic rings. The van der Waals surface area contributed by atoms with E-state index in [2.05, 4.69) is 372 Å². The predicted molar refractivity (Wildman–Crippen MR) is 619 cm³/mol. The van der Waals surface area contributed by atoms with Crippen molar-refractivity contribution in [1.82, 2.24) is 49.8 Å². The standard InChI is InChI=1S/10C12H9NS/c1-8-4-2-5-9-11-10(14-12(8)9)6-3-7-13-11;1-8-2-3-11-9(6-8)10-7-13-5-4-12(10)14-11;1-8-2-3-11-10(6-8)9-4-5-13-7-12(9)14-11;1-8-4-5-10-9(7-8)12-11(14-10)3-2-6-13-12;1-8-4-5-11-10(7-8)9-3-2-6-13-12(9)14-11;1-8-3-2-4-10-9-5-6-13-7-11(9)14-12(8)10;1-8-3-2-4-9-10-7-13-6-5-11(10)14-12(8)9;1-8-6-10-9-4-2-3-5-11(9)14-12(10)7-13-8;1-8-6-10-9-4-2-3-5-11(9)14-12(10)13-7-8;1-8-6-7-11-12(13-8)9-4-2-3-5-10(9)14-11/h10*2-7H,1H3. The van der Waals surface area contributed by atoms with Crippen LogP contribution in [0.4, 0.5) is 0 Å². The van der Waals surface area contributed by atoms with Gasteiger partial charge in [0.05, 0.1) is 44.7 Å². The fraction of sp³-hybridized carbons (Fsp3) is 0.0833.